The molecule has 0 atom stereocenters. The van der Waals surface area contributed by atoms with Gasteiger partial charge >= 0.3 is 0 Å². The topological polar surface area (TPSA) is 85.4 Å². The van der Waals surface area contributed by atoms with Gasteiger partial charge < -0.3 is 20.1 Å². The predicted molar refractivity (Wildman–Crippen MR) is 92.1 cm³/mol. The van der Waals surface area contributed by atoms with Gasteiger partial charge in [-0.25, -0.2) is 9.97 Å². The van der Waals surface area contributed by atoms with Crippen LogP contribution >= 0.6 is 0 Å². The van der Waals surface area contributed by atoms with Gasteiger partial charge in [-0.05, 0) is 19.1 Å². The van der Waals surface area contributed by atoms with Crippen LogP contribution in [0, 0.1) is 6.92 Å². The molecule has 2 rings (SSSR count). The summed E-state index contributed by atoms with van der Waals surface area (Å²) in [6.45, 7) is 5.66. The predicted octanol–water partition coefficient (Wildman–Crippen LogP) is 2.46. The lowest BCUT2D eigenvalue weighted by molar-refractivity contribution is 0.0952. The Morgan fingerprint density at radius 2 is 2.04 bits per heavy atom. The van der Waals surface area contributed by atoms with Gasteiger partial charge in [0.1, 0.15) is 28.8 Å². The SMILES string of the molecule is C=CCNC(=O)c1cc(Nc2cc(OC)ccc2OC)nc(C)n1. The zero-order valence-corrected chi connectivity index (χ0v) is 13.9. The maximum Gasteiger partial charge on any atom is 0.270 e. The van der Waals surface area contributed by atoms with Gasteiger partial charge in [0, 0.05) is 18.7 Å². The Balaban J connectivity index is 2.31. The molecule has 0 aliphatic carbocycles. The molecule has 7 heteroatoms. The van der Waals surface area contributed by atoms with Crippen molar-refractivity contribution in [1.82, 2.24) is 15.3 Å². The maximum absolute atomic E-state index is 12.1. The van der Waals surface area contributed by atoms with Crippen molar-refractivity contribution in [1.29, 1.82) is 0 Å². The lowest BCUT2D eigenvalue weighted by Gasteiger charge is -2.13. The van der Waals surface area contributed by atoms with Crippen molar-refractivity contribution in [3.8, 4) is 11.5 Å². The van der Waals surface area contributed by atoms with Crippen LogP contribution in [0.4, 0.5) is 11.5 Å². The van der Waals surface area contributed by atoms with Gasteiger partial charge in [-0.1, -0.05) is 6.08 Å². The first-order valence-electron chi connectivity index (χ1n) is 7.31. The number of methoxy groups -OCH3 is 2. The third kappa shape index (κ3) is 4.22. The zero-order valence-electron chi connectivity index (χ0n) is 13.9. The molecule has 24 heavy (non-hydrogen) atoms. The average molecular weight is 328 g/mol. The molecular formula is C17H20N4O3. The van der Waals surface area contributed by atoms with E-state index in [9.17, 15) is 4.79 Å². The minimum atomic E-state index is -0.291. The highest BCUT2D eigenvalue weighted by Crippen LogP contribution is 2.31. The van der Waals surface area contributed by atoms with Crippen molar-refractivity contribution >= 4 is 17.4 Å². The van der Waals surface area contributed by atoms with Crippen molar-refractivity contribution in [3.05, 3.63) is 48.4 Å². The molecule has 0 fully saturated rings. The molecule has 0 unspecified atom stereocenters. The first-order valence-corrected chi connectivity index (χ1v) is 7.31. The molecule has 1 amide bonds. The van der Waals surface area contributed by atoms with Crippen LogP contribution in [0.5, 0.6) is 11.5 Å². The van der Waals surface area contributed by atoms with Gasteiger partial charge in [0.05, 0.1) is 19.9 Å². The van der Waals surface area contributed by atoms with Gasteiger partial charge in [0.2, 0.25) is 0 Å². The Morgan fingerprint density at radius 1 is 1.25 bits per heavy atom. The monoisotopic (exact) mass is 328 g/mol. The summed E-state index contributed by atoms with van der Waals surface area (Å²) >= 11 is 0. The fourth-order valence-corrected chi connectivity index (χ4v) is 2.05. The Kier molecular flexibility index (Phi) is 5.73. The molecule has 7 nitrogen and oxygen atoms in total. The van der Waals surface area contributed by atoms with E-state index in [0.29, 0.717) is 35.4 Å². The van der Waals surface area contributed by atoms with Gasteiger partial charge in [0.25, 0.3) is 5.91 Å². The number of ether oxygens (including phenoxy) is 2. The van der Waals surface area contributed by atoms with E-state index in [2.05, 4.69) is 27.2 Å². The highest BCUT2D eigenvalue weighted by atomic mass is 16.5. The minimum Gasteiger partial charge on any atom is -0.497 e. The molecule has 0 radical (unpaired) electrons. The Morgan fingerprint density at radius 3 is 2.71 bits per heavy atom. The minimum absolute atomic E-state index is 0.272. The Bertz CT molecular complexity index is 747. The summed E-state index contributed by atoms with van der Waals surface area (Å²) in [5, 5.41) is 5.82. The largest absolute Gasteiger partial charge is 0.497 e. The number of aromatic nitrogens is 2. The number of nitrogens with zero attached hydrogens (tertiary/aromatic N) is 2. The van der Waals surface area contributed by atoms with Gasteiger partial charge in [-0.3, -0.25) is 4.79 Å². The molecule has 0 saturated heterocycles. The molecule has 2 aromatic rings. The summed E-state index contributed by atoms with van der Waals surface area (Å²) in [5.41, 5.74) is 0.945. The molecule has 1 aromatic carbocycles. The standard InChI is InChI=1S/C17H20N4O3/c1-5-8-18-17(22)14-10-16(20-11(2)19-14)21-13-9-12(23-3)6-7-15(13)24-4/h5-7,9-10H,1,8H2,2-4H3,(H,18,22)(H,19,20,21). The summed E-state index contributed by atoms with van der Waals surface area (Å²) in [4.78, 5) is 20.5. The molecular weight excluding hydrogens is 308 g/mol. The van der Waals surface area contributed by atoms with Crippen LogP contribution in [-0.4, -0.2) is 36.6 Å². The number of aryl methyl sites for hydroxylation is 1. The number of benzene rings is 1. The van der Waals surface area contributed by atoms with E-state index in [1.807, 2.05) is 0 Å². The highest BCUT2D eigenvalue weighted by molar-refractivity contribution is 5.93. The number of amides is 1. The van der Waals surface area contributed by atoms with Crippen molar-refractivity contribution in [2.24, 2.45) is 0 Å². The Labute approximate surface area is 140 Å². The van der Waals surface area contributed by atoms with Gasteiger partial charge in [0.15, 0.2) is 0 Å². The van der Waals surface area contributed by atoms with Gasteiger partial charge in [-0.2, -0.15) is 0 Å². The lowest BCUT2D eigenvalue weighted by atomic mass is 10.2. The van der Waals surface area contributed by atoms with Crippen LogP contribution in [0.25, 0.3) is 0 Å². The summed E-state index contributed by atoms with van der Waals surface area (Å²) in [7, 11) is 3.16. The first kappa shape index (κ1) is 17.3. The number of rotatable bonds is 7. The molecule has 1 heterocycles. The maximum atomic E-state index is 12.1. The van der Waals surface area contributed by atoms with E-state index < -0.39 is 0 Å². The number of hydrogen-bond donors (Lipinski definition) is 2. The van der Waals surface area contributed by atoms with Crippen molar-refractivity contribution in [2.75, 3.05) is 26.1 Å². The number of hydrogen-bond acceptors (Lipinski definition) is 6. The second kappa shape index (κ2) is 7.96. The Hall–Kier alpha value is -3.09. The number of carbonyl (C=O) groups excluding carboxylic acids is 1. The molecule has 0 spiro atoms. The quantitative estimate of drug-likeness (QED) is 0.760. The van der Waals surface area contributed by atoms with E-state index in [1.54, 1.807) is 51.5 Å². The zero-order chi connectivity index (χ0) is 17.5. The van der Waals surface area contributed by atoms with Crippen LogP contribution in [-0.2, 0) is 0 Å². The van der Waals surface area contributed by atoms with Crippen LogP contribution in [0.3, 0.4) is 0 Å². The van der Waals surface area contributed by atoms with Crippen LogP contribution in [0.2, 0.25) is 0 Å². The van der Waals surface area contributed by atoms with Crippen LogP contribution in [0.15, 0.2) is 36.9 Å². The summed E-state index contributed by atoms with van der Waals surface area (Å²) in [6.07, 6.45) is 1.60. The number of nitrogens with one attached hydrogen (secondary N) is 2. The van der Waals surface area contributed by atoms with E-state index >= 15 is 0 Å². The fraction of sp³-hybridized carbons (Fsp3) is 0.235. The molecule has 0 aliphatic heterocycles. The third-order valence-electron chi connectivity index (χ3n) is 3.15. The second-order valence-corrected chi connectivity index (χ2v) is 4.88. The van der Waals surface area contributed by atoms with Crippen molar-refractivity contribution in [2.45, 2.75) is 6.92 Å². The average Bonchev–Trinajstić information content (AvgIpc) is 2.59. The molecule has 0 saturated carbocycles. The van der Waals surface area contributed by atoms with E-state index in [-0.39, 0.29) is 11.6 Å². The van der Waals surface area contributed by atoms with Crippen LogP contribution < -0.4 is 20.1 Å². The number of carbonyl (C=O) groups is 1. The van der Waals surface area contributed by atoms with Gasteiger partial charge in [-0.15, -0.1) is 6.58 Å². The lowest BCUT2D eigenvalue weighted by Crippen LogP contribution is -2.24. The highest BCUT2D eigenvalue weighted by Gasteiger charge is 2.12. The molecule has 1 aromatic heterocycles. The van der Waals surface area contributed by atoms with Crippen molar-refractivity contribution in [3.63, 3.8) is 0 Å². The molecule has 126 valence electrons. The van der Waals surface area contributed by atoms with Crippen molar-refractivity contribution < 1.29 is 14.3 Å². The molecule has 0 bridgehead atoms. The van der Waals surface area contributed by atoms with E-state index in [0.717, 1.165) is 0 Å². The normalized spacial score (nSPS) is 9.96. The smallest absolute Gasteiger partial charge is 0.270 e. The fourth-order valence-electron chi connectivity index (χ4n) is 2.05. The first-order chi connectivity index (χ1) is 11.6. The van der Waals surface area contributed by atoms with E-state index in [1.165, 1.54) is 0 Å². The molecule has 0 aliphatic rings. The second-order valence-electron chi connectivity index (χ2n) is 4.88. The summed E-state index contributed by atoms with van der Waals surface area (Å²) in [5.74, 6) is 1.97. The summed E-state index contributed by atoms with van der Waals surface area (Å²) < 4.78 is 10.5. The number of anilines is 2. The van der Waals surface area contributed by atoms with E-state index in [4.69, 9.17) is 9.47 Å². The molecule has 2 N–H and O–H groups in total. The summed E-state index contributed by atoms with van der Waals surface area (Å²) in [6, 6.07) is 6.94. The third-order valence-corrected chi connectivity index (χ3v) is 3.15. The van der Waals surface area contributed by atoms with Crippen LogP contribution in [0.1, 0.15) is 16.3 Å².